The van der Waals surface area contributed by atoms with Gasteiger partial charge in [-0.2, -0.15) is 8.42 Å². The van der Waals surface area contributed by atoms with Crippen molar-refractivity contribution in [3.8, 4) is 0 Å². The third-order valence-electron chi connectivity index (χ3n) is 3.18. The molecule has 0 radical (unpaired) electrons. The molecule has 0 aliphatic rings. The number of unbranched alkanes of at least 4 members (excludes halogenated alkanes) is 9. The Morgan fingerprint density at radius 1 is 0.857 bits per heavy atom. The molecule has 0 aromatic carbocycles. The predicted molar refractivity (Wildman–Crippen MR) is 84.3 cm³/mol. The summed E-state index contributed by atoms with van der Waals surface area (Å²) in [4.78, 5) is 0. The van der Waals surface area contributed by atoms with Gasteiger partial charge in [0.05, 0.1) is 19.3 Å². The van der Waals surface area contributed by atoms with E-state index in [1.807, 2.05) is 0 Å². The molecule has 21 heavy (non-hydrogen) atoms. The zero-order valence-corrected chi connectivity index (χ0v) is 14.4. The number of aliphatic hydroxyl groups excluding tert-OH is 1. The summed E-state index contributed by atoms with van der Waals surface area (Å²) in [6.07, 6.45) is 11.0. The monoisotopic (exact) mass is 324 g/mol. The number of rotatable bonds is 15. The van der Waals surface area contributed by atoms with E-state index in [0.717, 1.165) is 12.8 Å². The molecule has 0 saturated heterocycles. The Bertz CT molecular complexity index is 314. The molecule has 1 unspecified atom stereocenters. The summed E-state index contributed by atoms with van der Waals surface area (Å²) in [5.74, 6) is 0. The van der Waals surface area contributed by atoms with E-state index in [1.54, 1.807) is 0 Å². The molecule has 0 fully saturated rings. The smallest absolute Gasteiger partial charge is 0.391 e. The van der Waals surface area contributed by atoms with Crippen molar-refractivity contribution in [2.24, 2.45) is 0 Å². The van der Waals surface area contributed by atoms with Crippen LogP contribution in [0.15, 0.2) is 0 Å². The highest BCUT2D eigenvalue weighted by Gasteiger charge is 2.12. The van der Waals surface area contributed by atoms with Crippen LogP contribution < -0.4 is 0 Å². The lowest BCUT2D eigenvalue weighted by Crippen LogP contribution is -2.18. The molecule has 0 saturated carbocycles. The molecule has 0 amide bonds. The Morgan fingerprint density at radius 2 is 1.33 bits per heavy atom. The maximum atomic E-state index is 11.2. The first-order chi connectivity index (χ1) is 9.98. The van der Waals surface area contributed by atoms with E-state index >= 15 is 0 Å². The molecule has 0 aliphatic carbocycles. The van der Waals surface area contributed by atoms with Crippen LogP contribution in [-0.4, -0.2) is 32.8 Å². The largest absolute Gasteiger partial charge is 0.399 e. The average molecular weight is 324 g/mol. The van der Waals surface area contributed by atoms with Crippen LogP contribution >= 0.6 is 0 Å². The van der Waals surface area contributed by atoms with E-state index in [-0.39, 0.29) is 13.2 Å². The van der Waals surface area contributed by atoms with Crippen molar-refractivity contribution in [3.63, 3.8) is 0 Å². The van der Waals surface area contributed by atoms with E-state index in [2.05, 4.69) is 11.1 Å². The minimum absolute atomic E-state index is 0.151. The minimum Gasteiger partial charge on any atom is -0.391 e. The lowest BCUT2D eigenvalue weighted by atomic mass is 10.1. The second-order valence-corrected chi connectivity index (χ2v) is 6.83. The van der Waals surface area contributed by atoms with Crippen LogP contribution in [0.25, 0.3) is 0 Å². The second kappa shape index (κ2) is 13.5. The van der Waals surface area contributed by atoms with E-state index in [0.29, 0.717) is 6.42 Å². The van der Waals surface area contributed by atoms with Crippen LogP contribution in [0.5, 0.6) is 0 Å². The number of hydrogen-bond donors (Lipinski definition) is 1. The Hall–Kier alpha value is -0.170. The van der Waals surface area contributed by atoms with Gasteiger partial charge >= 0.3 is 10.4 Å². The van der Waals surface area contributed by atoms with Crippen molar-refractivity contribution >= 4 is 10.4 Å². The third-order valence-corrected chi connectivity index (χ3v) is 4.06. The average Bonchev–Trinajstić information content (AvgIpc) is 2.43. The topological polar surface area (TPSA) is 72.8 Å². The molecule has 6 heteroatoms. The van der Waals surface area contributed by atoms with E-state index < -0.39 is 16.5 Å². The molecule has 0 spiro atoms. The minimum atomic E-state index is -3.95. The number of aliphatic hydroxyl groups is 1. The predicted octanol–water partition coefficient (Wildman–Crippen LogP) is 3.57. The molecule has 0 aromatic rings. The molecule has 0 rings (SSSR count). The van der Waals surface area contributed by atoms with Crippen LogP contribution in [0, 0.1) is 0 Å². The summed E-state index contributed by atoms with van der Waals surface area (Å²) < 4.78 is 31.7. The standard InChI is InChI=1S/C15H32O5S/c1-3-4-5-6-7-8-9-10-11-12-13-19-21(17,18)20-14-15(2)16/h15-16H,3-14H2,1-2H3. The van der Waals surface area contributed by atoms with E-state index in [4.69, 9.17) is 9.29 Å². The molecule has 1 N–H and O–H groups in total. The van der Waals surface area contributed by atoms with Crippen molar-refractivity contribution in [2.45, 2.75) is 84.2 Å². The fourth-order valence-electron chi connectivity index (χ4n) is 1.97. The lowest BCUT2D eigenvalue weighted by molar-refractivity contribution is 0.109. The van der Waals surface area contributed by atoms with Crippen LogP contribution in [0.1, 0.15) is 78.1 Å². The Balaban J connectivity index is 3.32. The van der Waals surface area contributed by atoms with Crippen molar-refractivity contribution in [2.75, 3.05) is 13.2 Å². The highest BCUT2D eigenvalue weighted by Crippen LogP contribution is 2.10. The van der Waals surface area contributed by atoms with Crippen molar-refractivity contribution in [1.29, 1.82) is 0 Å². The molecule has 0 aromatic heterocycles. The molecule has 0 bridgehead atoms. The molecule has 1 atom stereocenters. The normalized spacial score (nSPS) is 13.5. The summed E-state index contributed by atoms with van der Waals surface area (Å²) in [6.45, 7) is 3.56. The van der Waals surface area contributed by atoms with Crippen molar-refractivity contribution < 1.29 is 21.9 Å². The molecule has 0 heterocycles. The van der Waals surface area contributed by atoms with Crippen LogP contribution in [0.3, 0.4) is 0 Å². The highest BCUT2D eigenvalue weighted by atomic mass is 32.3. The summed E-state index contributed by atoms with van der Waals surface area (Å²) in [5.41, 5.74) is 0. The van der Waals surface area contributed by atoms with Crippen LogP contribution in [0.4, 0.5) is 0 Å². The third kappa shape index (κ3) is 16.0. The second-order valence-electron chi connectivity index (χ2n) is 5.55. The van der Waals surface area contributed by atoms with Gasteiger partial charge < -0.3 is 5.11 Å². The van der Waals surface area contributed by atoms with Gasteiger partial charge in [0, 0.05) is 0 Å². The fraction of sp³-hybridized carbons (Fsp3) is 1.00. The summed E-state index contributed by atoms with van der Waals surface area (Å²) in [5, 5.41) is 8.93. The first-order valence-electron chi connectivity index (χ1n) is 8.19. The van der Waals surface area contributed by atoms with Gasteiger partial charge in [-0.15, -0.1) is 0 Å². The molecular formula is C15H32O5S. The lowest BCUT2D eigenvalue weighted by Gasteiger charge is -2.07. The van der Waals surface area contributed by atoms with Crippen LogP contribution in [0.2, 0.25) is 0 Å². The maximum absolute atomic E-state index is 11.2. The Labute approximate surface area is 130 Å². The van der Waals surface area contributed by atoms with Gasteiger partial charge in [0.2, 0.25) is 0 Å². The van der Waals surface area contributed by atoms with Gasteiger partial charge in [0.25, 0.3) is 0 Å². The zero-order valence-electron chi connectivity index (χ0n) is 13.6. The first kappa shape index (κ1) is 20.8. The van der Waals surface area contributed by atoms with Gasteiger partial charge in [-0.3, -0.25) is 0 Å². The summed E-state index contributed by atoms with van der Waals surface area (Å²) >= 11 is 0. The van der Waals surface area contributed by atoms with Crippen molar-refractivity contribution in [3.05, 3.63) is 0 Å². The Kier molecular flexibility index (Phi) is 13.4. The Morgan fingerprint density at radius 3 is 1.81 bits per heavy atom. The van der Waals surface area contributed by atoms with Gasteiger partial charge in [-0.05, 0) is 13.3 Å². The molecule has 5 nitrogen and oxygen atoms in total. The molecule has 128 valence electrons. The van der Waals surface area contributed by atoms with E-state index in [9.17, 15) is 8.42 Å². The van der Waals surface area contributed by atoms with Gasteiger partial charge in [0.15, 0.2) is 0 Å². The fourth-order valence-corrected chi connectivity index (χ4v) is 2.72. The SMILES string of the molecule is CCCCCCCCCCCCOS(=O)(=O)OCC(C)O. The van der Waals surface area contributed by atoms with Gasteiger partial charge in [-0.25, -0.2) is 8.37 Å². The highest BCUT2D eigenvalue weighted by molar-refractivity contribution is 7.81. The van der Waals surface area contributed by atoms with E-state index in [1.165, 1.54) is 51.9 Å². The molecule has 0 aliphatic heterocycles. The zero-order chi connectivity index (χ0) is 16.0. The molecular weight excluding hydrogens is 292 g/mol. The van der Waals surface area contributed by atoms with Gasteiger partial charge in [-0.1, -0.05) is 64.7 Å². The van der Waals surface area contributed by atoms with Crippen molar-refractivity contribution in [1.82, 2.24) is 0 Å². The summed E-state index contributed by atoms with van der Waals surface area (Å²) in [7, 11) is -3.95. The van der Waals surface area contributed by atoms with Gasteiger partial charge in [0.1, 0.15) is 0 Å². The van der Waals surface area contributed by atoms with Crippen LogP contribution in [-0.2, 0) is 18.8 Å². The summed E-state index contributed by atoms with van der Waals surface area (Å²) in [6, 6.07) is 0. The number of hydrogen-bond acceptors (Lipinski definition) is 5. The first-order valence-corrected chi connectivity index (χ1v) is 9.53. The quantitative estimate of drug-likeness (QED) is 0.466. The maximum Gasteiger partial charge on any atom is 0.399 e.